The van der Waals surface area contributed by atoms with Crippen molar-refractivity contribution < 1.29 is 28.2 Å². The lowest BCUT2D eigenvalue weighted by molar-refractivity contribution is -0.144. The first kappa shape index (κ1) is 28.9. The minimum absolute atomic E-state index is 0.0373. The summed E-state index contributed by atoms with van der Waals surface area (Å²) in [5, 5.41) is 4.80. The van der Waals surface area contributed by atoms with Crippen LogP contribution >= 0.6 is 22.9 Å². The Morgan fingerprint density at radius 1 is 1.27 bits per heavy atom. The Morgan fingerprint density at radius 2 is 2.00 bits per heavy atom. The number of Topliss-reactive ketones (excluding diaryl/α,β-unsaturated/α-hetero) is 1. The van der Waals surface area contributed by atoms with E-state index in [2.05, 4.69) is 27.1 Å². The monoisotopic (exact) mass is 593 g/mol. The molecule has 216 valence electrons. The molecule has 0 saturated carbocycles. The molecule has 0 aliphatic carbocycles. The van der Waals surface area contributed by atoms with Crippen molar-refractivity contribution in [3.8, 4) is 11.3 Å². The molecule has 3 fully saturated rings. The lowest BCUT2D eigenvalue weighted by Crippen LogP contribution is -2.60. The van der Waals surface area contributed by atoms with Crippen molar-refractivity contribution in [3.05, 3.63) is 35.0 Å². The van der Waals surface area contributed by atoms with Crippen LogP contribution in [0.25, 0.3) is 11.3 Å². The molecule has 13 heteroatoms. The molecule has 2 amide bonds. The van der Waals surface area contributed by atoms with Crippen LogP contribution in [-0.2, 0) is 19.1 Å². The summed E-state index contributed by atoms with van der Waals surface area (Å²) < 4.78 is 26.3. The number of aromatic nitrogens is 1. The number of benzene rings is 1. The van der Waals surface area contributed by atoms with E-state index in [1.807, 2.05) is 5.38 Å². The third-order valence-electron chi connectivity index (χ3n) is 7.92. The maximum atomic E-state index is 15.3. The fraction of sp³-hybridized carbons (Fsp3) is 0.556. The molecule has 10 nitrogen and oxygen atoms in total. The van der Waals surface area contributed by atoms with Crippen LogP contribution < -0.4 is 10.2 Å². The number of amides is 2. The van der Waals surface area contributed by atoms with Gasteiger partial charge in [0.1, 0.15) is 30.6 Å². The van der Waals surface area contributed by atoms with Crippen molar-refractivity contribution in [1.29, 1.82) is 0 Å². The predicted octanol–water partition coefficient (Wildman–Crippen LogP) is 2.01. The minimum Gasteiger partial charge on any atom is -0.376 e. The summed E-state index contributed by atoms with van der Waals surface area (Å²) in [4.78, 5) is 49.8. The molecule has 3 saturated heterocycles. The van der Waals surface area contributed by atoms with Crippen LogP contribution in [0.1, 0.15) is 24.2 Å². The van der Waals surface area contributed by atoms with Gasteiger partial charge in [-0.05, 0) is 39.1 Å². The summed E-state index contributed by atoms with van der Waals surface area (Å²) in [5.41, 5.74) is -0.322. The first-order valence-corrected chi connectivity index (χ1v) is 14.5. The number of hydrogen-bond acceptors (Lipinski definition) is 9. The van der Waals surface area contributed by atoms with Gasteiger partial charge in [-0.15, -0.1) is 22.9 Å². The van der Waals surface area contributed by atoms with Gasteiger partial charge in [-0.25, -0.2) is 9.37 Å². The molecule has 1 aromatic carbocycles. The Bertz CT molecular complexity index is 1300. The lowest BCUT2D eigenvalue weighted by atomic mass is 9.95. The highest BCUT2D eigenvalue weighted by atomic mass is 35.5. The maximum Gasteiger partial charge on any atom is 0.252 e. The molecule has 4 atom stereocenters. The quantitative estimate of drug-likeness (QED) is 0.486. The second kappa shape index (κ2) is 11.3. The largest absolute Gasteiger partial charge is 0.376 e. The van der Waals surface area contributed by atoms with Crippen molar-refractivity contribution in [3.63, 3.8) is 0 Å². The van der Waals surface area contributed by atoms with E-state index in [0.717, 1.165) is 37.4 Å². The van der Waals surface area contributed by atoms with E-state index in [9.17, 15) is 14.4 Å². The second-order valence-corrected chi connectivity index (χ2v) is 12.3. The first-order valence-electron chi connectivity index (χ1n) is 13.1. The number of halogens is 2. The van der Waals surface area contributed by atoms with E-state index >= 15 is 4.39 Å². The summed E-state index contributed by atoms with van der Waals surface area (Å²) in [5.74, 6) is -2.01. The Kier molecular flexibility index (Phi) is 8.17. The normalized spacial score (nSPS) is 24.4. The number of piperazine rings is 1. The smallest absolute Gasteiger partial charge is 0.252 e. The number of alkyl halides is 1. The highest BCUT2D eigenvalue weighted by Gasteiger charge is 2.54. The number of likely N-dealkylation sites (tertiary alicyclic amines) is 1. The molecule has 3 aliphatic rings. The first-order chi connectivity index (χ1) is 19.0. The van der Waals surface area contributed by atoms with E-state index in [0.29, 0.717) is 5.69 Å². The number of hydrogen-bond donors (Lipinski definition) is 1. The summed E-state index contributed by atoms with van der Waals surface area (Å²) in [7, 11) is 3.50. The molecule has 0 bridgehead atoms. The number of ether oxygens (including phenoxy) is 2. The fourth-order valence-corrected chi connectivity index (χ4v) is 6.49. The average Bonchev–Trinajstić information content (AvgIpc) is 3.65. The minimum atomic E-state index is -1.17. The Hall–Kier alpha value is -2.64. The molecule has 4 unspecified atom stereocenters. The van der Waals surface area contributed by atoms with E-state index in [1.165, 1.54) is 35.5 Å². The van der Waals surface area contributed by atoms with Crippen molar-refractivity contribution in [1.82, 2.24) is 20.1 Å². The number of rotatable bonds is 7. The SMILES string of the molecule is COC(C)(C)C(NC(=O)c1ccc(-c2csc(N3CCN(C)CC3)n2)c(F)c1)C(=O)N1CC(Cl)C2OCC(=O)C21. The van der Waals surface area contributed by atoms with E-state index in [1.54, 1.807) is 13.8 Å². The maximum absolute atomic E-state index is 15.3. The number of likely N-dealkylation sites (N-methyl/N-ethyl adjacent to an activating group) is 1. The third-order valence-corrected chi connectivity index (χ3v) is 9.21. The van der Waals surface area contributed by atoms with Crippen LogP contribution in [0.5, 0.6) is 0 Å². The van der Waals surface area contributed by atoms with Gasteiger partial charge in [0.15, 0.2) is 10.9 Å². The van der Waals surface area contributed by atoms with Crippen molar-refractivity contribution >= 4 is 45.7 Å². The average molecular weight is 594 g/mol. The van der Waals surface area contributed by atoms with Crippen molar-refractivity contribution in [2.45, 2.75) is 43.0 Å². The molecular formula is C27H33ClFN5O5S. The van der Waals surface area contributed by atoms with Crippen LogP contribution in [0.2, 0.25) is 0 Å². The van der Waals surface area contributed by atoms with Crippen LogP contribution in [-0.4, -0.2) is 115 Å². The van der Waals surface area contributed by atoms with Crippen LogP contribution in [0.4, 0.5) is 9.52 Å². The predicted molar refractivity (Wildman–Crippen MR) is 149 cm³/mol. The molecule has 0 spiro atoms. The van der Waals surface area contributed by atoms with Gasteiger partial charge in [-0.3, -0.25) is 14.4 Å². The Balaban J connectivity index is 1.33. The molecule has 1 N–H and O–H groups in total. The molecular weight excluding hydrogens is 561 g/mol. The summed E-state index contributed by atoms with van der Waals surface area (Å²) in [6.45, 7) is 6.87. The number of ketones is 1. The highest BCUT2D eigenvalue weighted by molar-refractivity contribution is 7.14. The Morgan fingerprint density at radius 3 is 2.67 bits per heavy atom. The van der Waals surface area contributed by atoms with E-state index in [-0.39, 0.29) is 30.1 Å². The molecule has 40 heavy (non-hydrogen) atoms. The standard InChI is InChI=1S/C27H33ClFN5O5S/c1-27(2,38-4)23(25(37)34-12-17(28)22-21(34)20(35)13-39-22)31-24(36)15-5-6-16(18(29)11-15)19-14-40-26(30-19)33-9-7-32(3)8-10-33/h5-6,11,14,17,21-23H,7-10,12-13H2,1-4H3,(H,31,36). The number of carbonyl (C=O) groups excluding carboxylic acids is 3. The molecule has 4 heterocycles. The van der Waals surface area contributed by atoms with Gasteiger partial charge in [0.2, 0.25) is 5.91 Å². The van der Waals surface area contributed by atoms with E-state index < -0.39 is 46.8 Å². The molecule has 5 rings (SSSR count). The number of carbonyl (C=O) groups is 3. The highest BCUT2D eigenvalue weighted by Crippen LogP contribution is 2.33. The molecule has 2 aromatic rings. The van der Waals surface area contributed by atoms with Gasteiger partial charge in [0.25, 0.3) is 5.91 Å². The Labute approximate surface area is 241 Å². The molecule has 3 aliphatic heterocycles. The van der Waals surface area contributed by atoms with Crippen LogP contribution in [0, 0.1) is 5.82 Å². The number of thiazole rings is 1. The van der Waals surface area contributed by atoms with Gasteiger partial charge in [-0.1, -0.05) is 0 Å². The van der Waals surface area contributed by atoms with Gasteiger partial charge >= 0.3 is 0 Å². The zero-order valence-electron chi connectivity index (χ0n) is 22.9. The van der Waals surface area contributed by atoms with Gasteiger partial charge in [0, 0.05) is 56.3 Å². The number of nitrogens with zero attached hydrogens (tertiary/aromatic N) is 4. The number of anilines is 1. The number of nitrogens with one attached hydrogen (secondary N) is 1. The van der Waals surface area contributed by atoms with Crippen molar-refractivity contribution in [2.75, 3.05) is 58.4 Å². The van der Waals surface area contributed by atoms with Crippen molar-refractivity contribution in [2.24, 2.45) is 0 Å². The van der Waals surface area contributed by atoms with E-state index in [4.69, 9.17) is 21.1 Å². The number of methoxy groups -OCH3 is 1. The molecule has 1 aromatic heterocycles. The van der Waals surface area contributed by atoms with Crippen LogP contribution in [0.3, 0.4) is 0 Å². The zero-order valence-corrected chi connectivity index (χ0v) is 24.4. The summed E-state index contributed by atoms with van der Waals surface area (Å²) >= 11 is 7.82. The topological polar surface area (TPSA) is 104 Å². The fourth-order valence-electron chi connectivity index (χ4n) is 5.25. The van der Waals surface area contributed by atoms with Crippen LogP contribution in [0.15, 0.2) is 23.6 Å². The zero-order chi connectivity index (χ0) is 28.8. The van der Waals surface area contributed by atoms with Gasteiger partial charge in [0.05, 0.1) is 16.7 Å². The molecule has 0 radical (unpaired) electrons. The number of fused-ring (bicyclic) bond motifs is 1. The van der Waals surface area contributed by atoms with Gasteiger partial charge < -0.3 is 29.5 Å². The summed E-state index contributed by atoms with van der Waals surface area (Å²) in [6.07, 6.45) is -0.593. The third kappa shape index (κ3) is 5.47. The lowest BCUT2D eigenvalue weighted by Gasteiger charge is -2.36. The van der Waals surface area contributed by atoms with Gasteiger partial charge in [-0.2, -0.15) is 0 Å². The summed E-state index contributed by atoms with van der Waals surface area (Å²) in [6, 6.07) is 2.17. The second-order valence-electron chi connectivity index (χ2n) is 10.9.